The van der Waals surface area contributed by atoms with Crippen LogP contribution in [0.5, 0.6) is 0 Å². The zero-order valence-electron chi connectivity index (χ0n) is 10.8. The smallest absolute Gasteiger partial charge is 0.253 e. The number of carbonyl (C=O) groups is 1. The molecule has 0 unspecified atom stereocenters. The van der Waals surface area contributed by atoms with E-state index >= 15 is 0 Å². The van der Waals surface area contributed by atoms with Crippen molar-refractivity contribution in [1.82, 2.24) is 4.98 Å². The lowest BCUT2D eigenvalue weighted by Gasteiger charge is -2.22. The summed E-state index contributed by atoms with van der Waals surface area (Å²) in [6, 6.07) is 6.61. The number of hydrogen-bond acceptors (Lipinski definition) is 3. The number of halogens is 2. The highest BCUT2D eigenvalue weighted by atomic mass is 79.9. The molecule has 6 heteroatoms. The molecule has 0 spiro atoms. The molecule has 0 bridgehead atoms. The molecule has 0 aliphatic rings. The van der Waals surface area contributed by atoms with Gasteiger partial charge in [-0.3, -0.25) is 9.78 Å². The van der Waals surface area contributed by atoms with Gasteiger partial charge in [0.25, 0.3) is 5.91 Å². The van der Waals surface area contributed by atoms with Gasteiger partial charge >= 0.3 is 0 Å². The van der Waals surface area contributed by atoms with Gasteiger partial charge in [-0.2, -0.15) is 0 Å². The third-order valence-corrected chi connectivity index (χ3v) is 3.29. The Kier molecular flexibility index (Phi) is 4.34. The molecular formula is C14H13BrFN3O. The molecule has 0 saturated carbocycles. The van der Waals surface area contributed by atoms with Crippen molar-refractivity contribution in [3.05, 3.63) is 58.1 Å². The van der Waals surface area contributed by atoms with Crippen molar-refractivity contribution in [3.63, 3.8) is 0 Å². The molecule has 0 aliphatic heterocycles. The van der Waals surface area contributed by atoms with Gasteiger partial charge in [-0.15, -0.1) is 0 Å². The topological polar surface area (TPSA) is 59.2 Å². The van der Waals surface area contributed by atoms with Crippen LogP contribution in [-0.4, -0.2) is 17.9 Å². The number of aromatic nitrogens is 1. The second-order valence-corrected chi connectivity index (χ2v) is 5.28. The molecule has 0 saturated heterocycles. The third kappa shape index (κ3) is 3.14. The van der Waals surface area contributed by atoms with Crippen LogP contribution in [0.2, 0.25) is 0 Å². The van der Waals surface area contributed by atoms with E-state index in [0.29, 0.717) is 16.7 Å². The SMILES string of the molecule is CN(Cc1cccnc1)c1cc(Br)cc(F)c1C(N)=O. The van der Waals surface area contributed by atoms with Crippen molar-refractivity contribution >= 4 is 27.5 Å². The molecule has 1 amide bonds. The highest BCUT2D eigenvalue weighted by Gasteiger charge is 2.18. The van der Waals surface area contributed by atoms with E-state index in [0.717, 1.165) is 5.56 Å². The number of amides is 1. The van der Waals surface area contributed by atoms with Gasteiger partial charge in [0.2, 0.25) is 0 Å². The van der Waals surface area contributed by atoms with Gasteiger partial charge in [0.15, 0.2) is 0 Å². The summed E-state index contributed by atoms with van der Waals surface area (Å²) in [5, 5.41) is 0. The Morgan fingerprint density at radius 1 is 1.50 bits per heavy atom. The number of anilines is 1. The molecule has 1 aromatic carbocycles. The molecule has 0 aliphatic carbocycles. The fraction of sp³-hybridized carbons (Fsp3) is 0.143. The van der Waals surface area contributed by atoms with Crippen molar-refractivity contribution in [3.8, 4) is 0 Å². The van der Waals surface area contributed by atoms with Crippen molar-refractivity contribution in [1.29, 1.82) is 0 Å². The average Bonchev–Trinajstić information content (AvgIpc) is 2.38. The summed E-state index contributed by atoms with van der Waals surface area (Å²) in [5.41, 5.74) is 6.54. The van der Waals surface area contributed by atoms with E-state index in [1.165, 1.54) is 6.07 Å². The Hall–Kier alpha value is -1.95. The summed E-state index contributed by atoms with van der Waals surface area (Å²) in [6.07, 6.45) is 3.39. The van der Waals surface area contributed by atoms with Crippen LogP contribution in [0.15, 0.2) is 41.1 Å². The third-order valence-electron chi connectivity index (χ3n) is 2.83. The van der Waals surface area contributed by atoms with E-state index in [1.807, 2.05) is 12.1 Å². The van der Waals surface area contributed by atoms with Gasteiger partial charge in [-0.05, 0) is 23.8 Å². The van der Waals surface area contributed by atoms with Crippen LogP contribution in [0.1, 0.15) is 15.9 Å². The molecule has 2 aromatic rings. The van der Waals surface area contributed by atoms with Crippen molar-refractivity contribution in [2.24, 2.45) is 5.73 Å². The summed E-state index contributed by atoms with van der Waals surface area (Å²) in [4.78, 5) is 17.2. The van der Waals surface area contributed by atoms with Gasteiger partial charge in [0.1, 0.15) is 5.82 Å². The molecule has 0 fully saturated rings. The van der Waals surface area contributed by atoms with E-state index < -0.39 is 11.7 Å². The Bertz CT molecular complexity index is 634. The Balaban J connectivity index is 2.38. The first-order valence-corrected chi connectivity index (χ1v) is 6.67. The Morgan fingerprint density at radius 2 is 2.25 bits per heavy atom. The van der Waals surface area contributed by atoms with Gasteiger partial charge in [-0.1, -0.05) is 22.0 Å². The summed E-state index contributed by atoms with van der Waals surface area (Å²) in [7, 11) is 1.76. The number of nitrogens with two attached hydrogens (primary N) is 1. The lowest BCUT2D eigenvalue weighted by atomic mass is 10.1. The second kappa shape index (κ2) is 6.00. The molecule has 1 heterocycles. The molecule has 104 valence electrons. The van der Waals surface area contributed by atoms with E-state index in [4.69, 9.17) is 5.73 Å². The zero-order chi connectivity index (χ0) is 14.7. The maximum atomic E-state index is 13.9. The number of carbonyl (C=O) groups excluding carboxylic acids is 1. The average molecular weight is 338 g/mol. The molecular weight excluding hydrogens is 325 g/mol. The second-order valence-electron chi connectivity index (χ2n) is 4.36. The monoisotopic (exact) mass is 337 g/mol. The molecule has 2 N–H and O–H groups in total. The maximum absolute atomic E-state index is 13.9. The number of nitrogens with zero attached hydrogens (tertiary/aromatic N) is 2. The molecule has 20 heavy (non-hydrogen) atoms. The summed E-state index contributed by atoms with van der Waals surface area (Å²) < 4.78 is 14.4. The van der Waals surface area contributed by atoms with Gasteiger partial charge in [0.05, 0.1) is 11.3 Å². The maximum Gasteiger partial charge on any atom is 0.253 e. The largest absolute Gasteiger partial charge is 0.369 e. The standard InChI is InChI=1S/C14H13BrFN3O/c1-19(8-9-3-2-4-18-7-9)12-6-10(15)5-11(16)13(12)14(17)20/h2-7H,8H2,1H3,(H2,17,20). The highest BCUT2D eigenvalue weighted by Crippen LogP contribution is 2.28. The number of rotatable bonds is 4. The van der Waals surface area contributed by atoms with Crippen LogP contribution in [-0.2, 0) is 6.54 Å². The lowest BCUT2D eigenvalue weighted by Crippen LogP contribution is -2.23. The molecule has 0 radical (unpaired) electrons. The summed E-state index contributed by atoms with van der Waals surface area (Å²) in [6.45, 7) is 0.490. The highest BCUT2D eigenvalue weighted by molar-refractivity contribution is 9.10. The van der Waals surface area contributed by atoms with Crippen LogP contribution in [0, 0.1) is 5.82 Å². The first kappa shape index (κ1) is 14.5. The Labute approximate surface area is 124 Å². The van der Waals surface area contributed by atoms with E-state index in [1.54, 1.807) is 30.4 Å². The number of hydrogen-bond donors (Lipinski definition) is 1. The van der Waals surface area contributed by atoms with Gasteiger partial charge in [-0.25, -0.2) is 4.39 Å². The van der Waals surface area contributed by atoms with Crippen LogP contribution in [0.25, 0.3) is 0 Å². The van der Waals surface area contributed by atoms with Crippen molar-refractivity contribution in [2.45, 2.75) is 6.54 Å². The van der Waals surface area contributed by atoms with Gasteiger partial charge in [0, 0.05) is 30.5 Å². The number of benzene rings is 1. The molecule has 0 atom stereocenters. The Morgan fingerprint density at radius 3 is 2.85 bits per heavy atom. The fourth-order valence-electron chi connectivity index (χ4n) is 1.96. The first-order chi connectivity index (χ1) is 9.49. The predicted molar refractivity (Wildman–Crippen MR) is 79.0 cm³/mol. The summed E-state index contributed by atoms with van der Waals surface area (Å²) in [5.74, 6) is -1.43. The summed E-state index contributed by atoms with van der Waals surface area (Å²) >= 11 is 3.22. The minimum Gasteiger partial charge on any atom is -0.369 e. The van der Waals surface area contributed by atoms with Crippen LogP contribution in [0.3, 0.4) is 0 Å². The molecule has 4 nitrogen and oxygen atoms in total. The van der Waals surface area contributed by atoms with Gasteiger partial charge < -0.3 is 10.6 Å². The molecule has 1 aromatic heterocycles. The number of primary amides is 1. The minimum absolute atomic E-state index is 0.111. The molecule has 2 rings (SSSR count). The minimum atomic E-state index is -0.789. The first-order valence-electron chi connectivity index (χ1n) is 5.88. The zero-order valence-corrected chi connectivity index (χ0v) is 12.4. The van der Waals surface area contributed by atoms with Crippen LogP contribution >= 0.6 is 15.9 Å². The van der Waals surface area contributed by atoms with Crippen LogP contribution in [0.4, 0.5) is 10.1 Å². The lowest BCUT2D eigenvalue weighted by molar-refractivity contribution is 0.0997. The predicted octanol–water partition coefficient (Wildman–Crippen LogP) is 2.72. The quantitative estimate of drug-likeness (QED) is 0.933. The fourth-order valence-corrected chi connectivity index (χ4v) is 2.37. The van der Waals surface area contributed by atoms with Crippen molar-refractivity contribution in [2.75, 3.05) is 11.9 Å². The van der Waals surface area contributed by atoms with Crippen molar-refractivity contribution < 1.29 is 9.18 Å². The number of pyridine rings is 1. The normalized spacial score (nSPS) is 10.3. The van der Waals surface area contributed by atoms with Crippen LogP contribution < -0.4 is 10.6 Å². The van der Waals surface area contributed by atoms with E-state index in [-0.39, 0.29) is 5.56 Å². The van der Waals surface area contributed by atoms with E-state index in [9.17, 15) is 9.18 Å². The van der Waals surface area contributed by atoms with E-state index in [2.05, 4.69) is 20.9 Å².